The Balaban J connectivity index is 0. The third kappa shape index (κ3) is 18.8. The van der Waals surface area contributed by atoms with E-state index in [4.69, 9.17) is 15.3 Å². The van der Waals surface area contributed by atoms with Crippen LogP contribution in [0.4, 0.5) is 0 Å². The number of unbranched alkanes of at least 4 members (excludes halogenated alkanes) is 8. The van der Waals surface area contributed by atoms with Crippen molar-refractivity contribution in [3.05, 3.63) is 0 Å². The molecular formula is C20H36N2NaO7. The van der Waals surface area contributed by atoms with Gasteiger partial charge in [-0.3, -0.25) is 24.1 Å². The number of carboxylic acids is 3. The van der Waals surface area contributed by atoms with Crippen molar-refractivity contribution in [1.29, 1.82) is 0 Å². The van der Waals surface area contributed by atoms with Gasteiger partial charge in [0.2, 0.25) is 5.91 Å². The topological polar surface area (TPSA) is 135 Å². The molecule has 30 heavy (non-hydrogen) atoms. The van der Waals surface area contributed by atoms with Crippen LogP contribution >= 0.6 is 0 Å². The van der Waals surface area contributed by atoms with Crippen LogP contribution in [0.25, 0.3) is 0 Å². The van der Waals surface area contributed by atoms with E-state index in [-0.39, 0.29) is 55.0 Å². The predicted molar refractivity (Wildman–Crippen MR) is 114 cm³/mol. The molecule has 0 aliphatic rings. The molecule has 9 nitrogen and oxygen atoms in total. The summed E-state index contributed by atoms with van der Waals surface area (Å²) in [4.78, 5) is 47.4. The summed E-state index contributed by atoms with van der Waals surface area (Å²) in [6, 6.07) is 0. The number of hydrogen-bond acceptors (Lipinski definition) is 5. The van der Waals surface area contributed by atoms with E-state index in [2.05, 4.69) is 6.92 Å². The molecule has 169 valence electrons. The molecule has 0 bridgehead atoms. The van der Waals surface area contributed by atoms with Gasteiger partial charge in [-0.15, -0.1) is 0 Å². The van der Waals surface area contributed by atoms with Crippen molar-refractivity contribution in [1.82, 2.24) is 9.80 Å². The summed E-state index contributed by atoms with van der Waals surface area (Å²) in [7, 11) is 0. The molecule has 0 aliphatic carbocycles. The normalized spacial score (nSPS) is 10.5. The maximum absolute atomic E-state index is 12.4. The number of nitrogens with zero attached hydrogens (tertiary/aromatic N) is 2. The van der Waals surface area contributed by atoms with Gasteiger partial charge in [0.1, 0.15) is 6.54 Å². The number of amides is 1. The molecule has 0 aromatic carbocycles. The number of hydrogen-bond donors (Lipinski definition) is 3. The largest absolute Gasteiger partial charge is 0.480 e. The molecule has 3 N–H and O–H groups in total. The second-order valence-corrected chi connectivity index (χ2v) is 7.29. The number of rotatable bonds is 19. The van der Waals surface area contributed by atoms with Gasteiger partial charge in [0.25, 0.3) is 0 Å². The quantitative estimate of drug-likeness (QED) is 0.205. The number of carbonyl (C=O) groups is 4. The third-order valence-corrected chi connectivity index (χ3v) is 4.58. The minimum Gasteiger partial charge on any atom is -0.480 e. The van der Waals surface area contributed by atoms with Gasteiger partial charge in [-0.2, -0.15) is 0 Å². The average molecular weight is 440 g/mol. The Labute approximate surface area is 201 Å². The van der Waals surface area contributed by atoms with E-state index in [1.54, 1.807) is 0 Å². The van der Waals surface area contributed by atoms with E-state index in [1.807, 2.05) is 0 Å². The van der Waals surface area contributed by atoms with Crippen LogP contribution in [0.3, 0.4) is 0 Å². The smallest absolute Gasteiger partial charge is 0.323 e. The van der Waals surface area contributed by atoms with E-state index in [9.17, 15) is 19.2 Å². The zero-order valence-corrected chi connectivity index (χ0v) is 20.5. The van der Waals surface area contributed by atoms with Crippen molar-refractivity contribution in [2.24, 2.45) is 0 Å². The molecule has 10 heteroatoms. The summed E-state index contributed by atoms with van der Waals surface area (Å²) < 4.78 is 0. The molecule has 0 aromatic rings. The second kappa shape index (κ2) is 19.8. The van der Waals surface area contributed by atoms with Gasteiger partial charge in [-0.1, -0.05) is 58.3 Å². The maximum atomic E-state index is 12.4. The van der Waals surface area contributed by atoms with Crippen molar-refractivity contribution in [3.63, 3.8) is 0 Å². The minimum atomic E-state index is -1.18. The summed E-state index contributed by atoms with van der Waals surface area (Å²) in [6.45, 7) is 0.683. The standard InChI is InChI=1S/C20H36N2O7.Na/c1-2-3-4-5-6-7-8-9-10-11-17(23)22(16-20(28)29)13-12-21(14-18(24)25)15-19(26)27;/h2-16H2,1H3,(H,24,25)(H,26,27)(H,28,29);. The monoisotopic (exact) mass is 439 g/mol. The average Bonchev–Trinajstić information content (AvgIpc) is 2.62. The van der Waals surface area contributed by atoms with Crippen LogP contribution in [0.15, 0.2) is 0 Å². The molecule has 0 unspecified atom stereocenters. The Morgan fingerprint density at radius 1 is 0.633 bits per heavy atom. The van der Waals surface area contributed by atoms with Crippen LogP contribution in [0.5, 0.6) is 0 Å². The molecule has 0 aliphatic heterocycles. The Morgan fingerprint density at radius 2 is 1.07 bits per heavy atom. The molecule has 0 fully saturated rings. The Hall–Kier alpha value is -1.16. The minimum absolute atomic E-state index is 0. The first-order chi connectivity index (χ1) is 13.8. The SMILES string of the molecule is CCCCCCCCCCCC(=O)N(CCN(CC(=O)O)CC(=O)O)CC(=O)O.[Na]. The Morgan fingerprint density at radius 3 is 1.50 bits per heavy atom. The van der Waals surface area contributed by atoms with Crippen molar-refractivity contribution < 1.29 is 34.5 Å². The summed E-state index contributed by atoms with van der Waals surface area (Å²) in [5, 5.41) is 26.7. The van der Waals surface area contributed by atoms with E-state index >= 15 is 0 Å². The van der Waals surface area contributed by atoms with E-state index in [0.29, 0.717) is 6.42 Å². The van der Waals surface area contributed by atoms with Crippen LogP contribution in [-0.2, 0) is 19.2 Å². The molecular weight excluding hydrogens is 403 g/mol. The summed E-state index contributed by atoms with van der Waals surface area (Å²) in [5.74, 6) is -3.83. The molecule has 0 saturated carbocycles. The fourth-order valence-corrected chi connectivity index (χ4v) is 3.06. The van der Waals surface area contributed by atoms with Gasteiger partial charge in [0, 0.05) is 49.1 Å². The van der Waals surface area contributed by atoms with Gasteiger partial charge in [0.05, 0.1) is 13.1 Å². The van der Waals surface area contributed by atoms with Gasteiger partial charge < -0.3 is 20.2 Å². The van der Waals surface area contributed by atoms with Gasteiger partial charge >= 0.3 is 17.9 Å². The summed E-state index contributed by atoms with van der Waals surface area (Å²) in [6.07, 6.45) is 10.2. The van der Waals surface area contributed by atoms with Crippen molar-refractivity contribution in [2.45, 2.75) is 71.1 Å². The van der Waals surface area contributed by atoms with Crippen molar-refractivity contribution in [3.8, 4) is 0 Å². The maximum Gasteiger partial charge on any atom is 0.323 e. The molecule has 0 rings (SSSR count). The predicted octanol–water partition coefficient (Wildman–Crippen LogP) is 1.91. The fourth-order valence-electron chi connectivity index (χ4n) is 3.06. The van der Waals surface area contributed by atoms with Gasteiger partial charge in [0.15, 0.2) is 0 Å². The van der Waals surface area contributed by atoms with Crippen LogP contribution < -0.4 is 0 Å². The molecule has 0 heterocycles. The molecule has 0 atom stereocenters. The van der Waals surface area contributed by atoms with Crippen molar-refractivity contribution >= 4 is 53.4 Å². The third-order valence-electron chi connectivity index (χ3n) is 4.58. The summed E-state index contributed by atoms with van der Waals surface area (Å²) in [5.41, 5.74) is 0. The van der Waals surface area contributed by atoms with Gasteiger partial charge in [-0.05, 0) is 6.42 Å². The van der Waals surface area contributed by atoms with Gasteiger partial charge in [-0.25, -0.2) is 0 Å². The molecule has 1 amide bonds. The molecule has 0 aromatic heterocycles. The van der Waals surface area contributed by atoms with E-state index in [1.165, 1.54) is 32.1 Å². The Bertz CT molecular complexity index is 501. The van der Waals surface area contributed by atoms with Crippen LogP contribution in [-0.4, -0.2) is 111 Å². The Kier molecular flexibility index (Phi) is 20.5. The zero-order chi connectivity index (χ0) is 22.1. The molecule has 0 saturated heterocycles. The number of carbonyl (C=O) groups excluding carboxylic acids is 1. The van der Waals surface area contributed by atoms with Crippen LogP contribution in [0.1, 0.15) is 71.1 Å². The number of carboxylic acid groups (broad SMARTS) is 3. The van der Waals surface area contributed by atoms with Crippen LogP contribution in [0.2, 0.25) is 0 Å². The number of aliphatic carboxylic acids is 3. The second-order valence-electron chi connectivity index (χ2n) is 7.29. The van der Waals surface area contributed by atoms with Crippen molar-refractivity contribution in [2.75, 3.05) is 32.7 Å². The van der Waals surface area contributed by atoms with E-state index < -0.39 is 37.5 Å². The summed E-state index contributed by atoms with van der Waals surface area (Å²) >= 11 is 0. The first-order valence-electron chi connectivity index (χ1n) is 10.4. The van der Waals surface area contributed by atoms with E-state index in [0.717, 1.165) is 29.1 Å². The van der Waals surface area contributed by atoms with Crippen LogP contribution in [0, 0.1) is 0 Å². The first kappa shape index (κ1) is 31.0. The fraction of sp³-hybridized carbons (Fsp3) is 0.800. The molecule has 0 spiro atoms. The zero-order valence-electron chi connectivity index (χ0n) is 18.5. The first-order valence-corrected chi connectivity index (χ1v) is 10.4. The molecule has 1 radical (unpaired) electrons.